The molecule has 1 aliphatic heterocycles. The number of ether oxygens (including phenoxy) is 1. The number of aromatic nitrogens is 2. The minimum atomic E-state index is -3.63. The topological polar surface area (TPSA) is 120 Å². The normalized spacial score (nSPS) is 18.8. The van der Waals surface area contributed by atoms with Gasteiger partial charge in [0, 0.05) is 30.4 Å². The third kappa shape index (κ3) is 5.46. The number of benzene rings is 2. The molecule has 0 spiro atoms. The summed E-state index contributed by atoms with van der Waals surface area (Å²) in [6, 6.07) is 10.8. The predicted octanol–water partition coefficient (Wildman–Crippen LogP) is 5.54. The van der Waals surface area contributed by atoms with E-state index in [4.69, 9.17) is 14.7 Å². The molecule has 1 aromatic heterocycles. The van der Waals surface area contributed by atoms with E-state index in [2.05, 4.69) is 15.5 Å². The van der Waals surface area contributed by atoms with Crippen LogP contribution in [0.25, 0.3) is 11.4 Å². The molecule has 2 fully saturated rings. The SMILES string of the molecule is C[C@H]1COCCN1c1cc(C2(S(O)(O)c3ccc(F)c(F)c3)CC2)nc(-c2ccc(NC(=O)NCCF)cc2)n1. The van der Waals surface area contributed by atoms with Crippen molar-refractivity contribution < 1.29 is 31.8 Å². The highest BCUT2D eigenvalue weighted by Crippen LogP contribution is 2.75. The average Bonchev–Trinajstić information content (AvgIpc) is 3.77. The van der Waals surface area contributed by atoms with Crippen molar-refractivity contribution in [2.45, 2.75) is 35.4 Å². The van der Waals surface area contributed by atoms with Crippen LogP contribution in [0.1, 0.15) is 25.5 Å². The molecule has 0 bridgehead atoms. The molecule has 2 aliphatic rings. The molecule has 2 heterocycles. The minimum absolute atomic E-state index is 0.000429. The van der Waals surface area contributed by atoms with Gasteiger partial charge in [0.2, 0.25) is 0 Å². The van der Waals surface area contributed by atoms with Gasteiger partial charge < -0.3 is 20.3 Å². The fraction of sp³-hybridized carbons (Fsp3) is 0.370. The highest BCUT2D eigenvalue weighted by molar-refractivity contribution is 8.25. The van der Waals surface area contributed by atoms with E-state index in [9.17, 15) is 27.1 Å². The number of nitrogens with zero attached hydrogens (tertiary/aromatic N) is 3. The quantitative estimate of drug-likeness (QED) is 0.278. The Hall–Kier alpha value is -3.39. The van der Waals surface area contributed by atoms with Gasteiger partial charge in [0.05, 0.1) is 29.8 Å². The van der Waals surface area contributed by atoms with Crippen molar-refractivity contribution in [3.63, 3.8) is 0 Å². The Balaban J connectivity index is 1.53. The Labute approximate surface area is 231 Å². The summed E-state index contributed by atoms with van der Waals surface area (Å²) >= 11 is 0. The number of amides is 2. The molecule has 0 radical (unpaired) electrons. The van der Waals surface area contributed by atoms with Gasteiger partial charge in [0.25, 0.3) is 0 Å². The number of nitrogens with one attached hydrogen (secondary N) is 2. The van der Waals surface area contributed by atoms with Crippen LogP contribution in [0.15, 0.2) is 53.4 Å². The van der Waals surface area contributed by atoms with Crippen LogP contribution in [0, 0.1) is 11.6 Å². The summed E-state index contributed by atoms with van der Waals surface area (Å²) < 4.78 is 67.2. The van der Waals surface area contributed by atoms with Gasteiger partial charge in [-0.2, -0.15) is 10.6 Å². The van der Waals surface area contributed by atoms with E-state index in [1.807, 2.05) is 6.92 Å². The Bertz CT molecular complexity index is 1390. The number of hydrogen-bond acceptors (Lipinski definition) is 7. The van der Waals surface area contributed by atoms with Crippen molar-refractivity contribution >= 4 is 28.1 Å². The lowest BCUT2D eigenvalue weighted by atomic mass is 10.1. The number of carbonyl (C=O) groups is 1. The van der Waals surface area contributed by atoms with Gasteiger partial charge in [-0.15, -0.1) is 0 Å². The third-order valence-electron chi connectivity index (χ3n) is 7.09. The van der Waals surface area contributed by atoms with Crippen LogP contribution in [0.3, 0.4) is 0 Å². The number of carbonyl (C=O) groups excluding carboxylic acids is 1. The van der Waals surface area contributed by atoms with E-state index >= 15 is 0 Å². The molecule has 3 aromatic rings. The van der Waals surface area contributed by atoms with Crippen molar-refractivity contribution in [2.75, 3.05) is 43.2 Å². The Morgan fingerprint density at radius 1 is 1.12 bits per heavy atom. The van der Waals surface area contributed by atoms with Crippen molar-refractivity contribution in [2.24, 2.45) is 0 Å². The molecule has 1 saturated heterocycles. The molecule has 2 amide bonds. The van der Waals surface area contributed by atoms with Gasteiger partial charge in [-0.25, -0.2) is 27.9 Å². The predicted molar refractivity (Wildman–Crippen MR) is 146 cm³/mol. The van der Waals surface area contributed by atoms with Crippen molar-refractivity contribution in [3.8, 4) is 11.4 Å². The molecule has 13 heteroatoms. The smallest absolute Gasteiger partial charge is 0.319 e. The summed E-state index contributed by atoms with van der Waals surface area (Å²) in [4.78, 5) is 23.4. The lowest BCUT2D eigenvalue weighted by molar-refractivity contribution is 0.0985. The second kappa shape index (κ2) is 11.2. The number of alkyl halides is 1. The van der Waals surface area contributed by atoms with E-state index in [1.54, 1.807) is 30.3 Å². The summed E-state index contributed by atoms with van der Waals surface area (Å²) in [5, 5.41) is 5.00. The molecule has 40 heavy (non-hydrogen) atoms. The molecule has 4 N–H and O–H groups in total. The maximum absolute atomic E-state index is 14.1. The molecule has 214 valence electrons. The Morgan fingerprint density at radius 2 is 1.88 bits per heavy atom. The standard InChI is InChI=1S/C27H30F3N5O4S/c1-17-16-39-13-12-35(17)24-15-23(27(8-9-27)40(37,38)20-6-7-21(29)22(30)14-20)33-25(34-24)18-2-4-19(5-3-18)32-26(36)31-11-10-28/h2-7,14-15,17,37-38H,8-13,16H2,1H3,(H2,31,32,36)/t17-/m0/s1. The summed E-state index contributed by atoms with van der Waals surface area (Å²) in [6.45, 7) is 2.79. The maximum Gasteiger partial charge on any atom is 0.319 e. The van der Waals surface area contributed by atoms with E-state index in [0.29, 0.717) is 61.2 Å². The Morgan fingerprint density at radius 3 is 2.52 bits per heavy atom. The molecule has 1 saturated carbocycles. The molecule has 1 atom stereocenters. The van der Waals surface area contributed by atoms with Crippen molar-refractivity contribution in [1.82, 2.24) is 15.3 Å². The van der Waals surface area contributed by atoms with E-state index in [1.165, 1.54) is 6.07 Å². The first-order valence-electron chi connectivity index (χ1n) is 12.8. The number of hydrogen-bond donors (Lipinski definition) is 4. The van der Waals surface area contributed by atoms with Crippen LogP contribution in [-0.2, 0) is 9.48 Å². The number of urea groups is 1. The monoisotopic (exact) mass is 577 g/mol. The van der Waals surface area contributed by atoms with Gasteiger partial charge in [-0.1, -0.05) is 0 Å². The zero-order valence-electron chi connectivity index (χ0n) is 21.7. The van der Waals surface area contributed by atoms with Gasteiger partial charge in [-0.05, 0) is 62.2 Å². The number of morpholine rings is 1. The van der Waals surface area contributed by atoms with Crippen LogP contribution >= 0.6 is 10.6 Å². The molecular formula is C27H30F3N5O4S. The molecule has 1 aliphatic carbocycles. The highest BCUT2D eigenvalue weighted by Gasteiger charge is 2.57. The Kier molecular flexibility index (Phi) is 7.91. The van der Waals surface area contributed by atoms with Crippen LogP contribution in [0.2, 0.25) is 0 Å². The summed E-state index contributed by atoms with van der Waals surface area (Å²) in [7, 11) is -3.63. The lowest BCUT2D eigenvalue weighted by Crippen LogP contribution is -2.44. The fourth-order valence-electron chi connectivity index (χ4n) is 4.73. The van der Waals surface area contributed by atoms with E-state index in [0.717, 1.165) is 12.1 Å². The maximum atomic E-state index is 14.1. The molecule has 9 nitrogen and oxygen atoms in total. The number of anilines is 2. The first-order valence-corrected chi connectivity index (χ1v) is 14.4. The highest BCUT2D eigenvalue weighted by atomic mass is 32.3. The number of halogens is 3. The second-order valence-electron chi connectivity index (χ2n) is 9.82. The summed E-state index contributed by atoms with van der Waals surface area (Å²) in [5.41, 5.74) is 1.48. The zero-order chi connectivity index (χ0) is 28.5. The minimum Gasteiger partial charge on any atom is -0.377 e. The van der Waals surface area contributed by atoms with Gasteiger partial charge in [0.15, 0.2) is 17.5 Å². The second-order valence-corrected chi connectivity index (χ2v) is 12.2. The fourth-order valence-corrected chi connectivity index (χ4v) is 6.77. The van der Waals surface area contributed by atoms with E-state index in [-0.39, 0.29) is 17.5 Å². The molecular weight excluding hydrogens is 547 g/mol. The van der Waals surface area contributed by atoms with Gasteiger partial charge >= 0.3 is 6.03 Å². The molecule has 5 rings (SSSR count). The summed E-state index contributed by atoms with van der Waals surface area (Å²) in [6.07, 6.45) is 0.777. The largest absolute Gasteiger partial charge is 0.377 e. The summed E-state index contributed by atoms with van der Waals surface area (Å²) in [5.74, 6) is -1.33. The molecule has 0 unspecified atom stereocenters. The number of rotatable bonds is 8. The zero-order valence-corrected chi connectivity index (χ0v) is 22.6. The van der Waals surface area contributed by atoms with Crippen molar-refractivity contribution in [3.05, 3.63) is 65.9 Å². The van der Waals surface area contributed by atoms with Crippen LogP contribution in [-0.4, -0.2) is 64.1 Å². The van der Waals surface area contributed by atoms with Crippen LogP contribution in [0.4, 0.5) is 29.5 Å². The van der Waals surface area contributed by atoms with Crippen molar-refractivity contribution in [1.29, 1.82) is 0 Å². The molecule has 2 aromatic carbocycles. The lowest BCUT2D eigenvalue weighted by Gasteiger charge is -2.41. The average molecular weight is 578 g/mol. The first-order chi connectivity index (χ1) is 19.1. The van der Waals surface area contributed by atoms with Gasteiger partial charge in [0.1, 0.15) is 17.2 Å². The third-order valence-corrected chi connectivity index (χ3v) is 9.71. The van der Waals surface area contributed by atoms with Crippen LogP contribution < -0.4 is 15.5 Å². The first kappa shape index (κ1) is 28.1. The van der Waals surface area contributed by atoms with Crippen LogP contribution in [0.5, 0.6) is 0 Å². The van der Waals surface area contributed by atoms with E-state index < -0.39 is 39.7 Å². The van der Waals surface area contributed by atoms with Gasteiger partial charge in [-0.3, -0.25) is 9.11 Å².